The molecule has 22 heavy (non-hydrogen) atoms. The van der Waals surface area contributed by atoms with Gasteiger partial charge in [0.25, 0.3) is 0 Å². The van der Waals surface area contributed by atoms with Crippen LogP contribution in [-0.4, -0.2) is 30.9 Å². The molecule has 1 saturated carbocycles. The molecule has 0 spiro atoms. The summed E-state index contributed by atoms with van der Waals surface area (Å²) in [5, 5.41) is 2.90. The number of anilines is 1. The predicted octanol–water partition coefficient (Wildman–Crippen LogP) is 1.20. The van der Waals surface area contributed by atoms with Crippen molar-refractivity contribution in [3.8, 4) is 0 Å². The Morgan fingerprint density at radius 1 is 1.36 bits per heavy atom. The molecular weight excluding hydrogens is 278 g/mol. The van der Waals surface area contributed by atoms with Gasteiger partial charge >= 0.3 is 0 Å². The highest BCUT2D eigenvalue weighted by atomic mass is 16.2. The summed E-state index contributed by atoms with van der Waals surface area (Å²) in [7, 11) is 0. The fourth-order valence-electron chi connectivity index (χ4n) is 2.91. The van der Waals surface area contributed by atoms with Gasteiger partial charge in [0.15, 0.2) is 0 Å². The molecule has 3 N–H and O–H groups in total. The summed E-state index contributed by atoms with van der Waals surface area (Å²) in [6, 6.07) is 7.86. The molecule has 1 aromatic rings. The topological polar surface area (TPSA) is 75.4 Å². The van der Waals surface area contributed by atoms with Gasteiger partial charge in [0.1, 0.15) is 0 Å². The number of hydrogen-bond donors (Lipinski definition) is 2. The molecule has 118 valence electrons. The zero-order valence-electron chi connectivity index (χ0n) is 12.9. The molecule has 3 rings (SSSR count). The highest BCUT2D eigenvalue weighted by molar-refractivity contribution is 6.00. The Labute approximate surface area is 130 Å². The number of carbonyl (C=O) groups excluding carboxylic acids is 2. The Morgan fingerprint density at radius 2 is 2.05 bits per heavy atom. The molecule has 0 bridgehead atoms. The van der Waals surface area contributed by atoms with Crippen molar-refractivity contribution < 1.29 is 9.59 Å². The van der Waals surface area contributed by atoms with Crippen LogP contribution in [0.2, 0.25) is 0 Å². The monoisotopic (exact) mass is 301 g/mol. The molecule has 2 amide bonds. The first-order chi connectivity index (χ1) is 10.5. The Hall–Kier alpha value is -1.88. The number of amides is 2. The summed E-state index contributed by atoms with van der Waals surface area (Å²) in [5.41, 5.74) is 8.01. The second-order valence-electron chi connectivity index (χ2n) is 6.49. The molecule has 5 heteroatoms. The van der Waals surface area contributed by atoms with E-state index < -0.39 is 0 Å². The van der Waals surface area contributed by atoms with Gasteiger partial charge in [-0.2, -0.15) is 0 Å². The number of nitrogens with two attached hydrogens (primary N) is 1. The molecule has 1 aliphatic heterocycles. The third kappa shape index (κ3) is 3.30. The van der Waals surface area contributed by atoms with Crippen molar-refractivity contribution in [3.63, 3.8) is 0 Å². The standard InChI is InChI=1S/C17H23N3O2/c1-11-2-6-14(7-3-11)20-10-13(8-16(20)21)17(22)19-9-15(18)12-4-5-12/h2-3,6-7,12-13,15H,4-5,8-10,18H2,1H3,(H,19,22). The van der Waals surface area contributed by atoms with Gasteiger partial charge in [-0.25, -0.2) is 0 Å². The van der Waals surface area contributed by atoms with Crippen LogP contribution in [0, 0.1) is 18.8 Å². The fraction of sp³-hybridized carbons (Fsp3) is 0.529. The molecule has 2 fully saturated rings. The summed E-state index contributed by atoms with van der Waals surface area (Å²) in [6.07, 6.45) is 2.61. The van der Waals surface area contributed by atoms with E-state index in [9.17, 15) is 9.59 Å². The van der Waals surface area contributed by atoms with Crippen molar-refractivity contribution in [1.82, 2.24) is 5.32 Å². The van der Waals surface area contributed by atoms with Crippen LogP contribution < -0.4 is 16.0 Å². The van der Waals surface area contributed by atoms with Gasteiger partial charge in [0.2, 0.25) is 11.8 Å². The number of carbonyl (C=O) groups is 2. The van der Waals surface area contributed by atoms with Crippen molar-refractivity contribution in [2.75, 3.05) is 18.0 Å². The first-order valence-corrected chi connectivity index (χ1v) is 7.95. The van der Waals surface area contributed by atoms with Gasteiger partial charge in [-0.15, -0.1) is 0 Å². The van der Waals surface area contributed by atoms with E-state index in [0.717, 1.165) is 11.3 Å². The molecule has 0 aromatic heterocycles. The summed E-state index contributed by atoms with van der Waals surface area (Å²) < 4.78 is 0. The number of nitrogens with zero attached hydrogens (tertiary/aromatic N) is 1. The van der Waals surface area contributed by atoms with Crippen LogP contribution in [0.25, 0.3) is 0 Å². The SMILES string of the molecule is Cc1ccc(N2CC(C(=O)NCC(N)C3CC3)CC2=O)cc1. The van der Waals surface area contributed by atoms with E-state index in [4.69, 9.17) is 5.73 Å². The van der Waals surface area contributed by atoms with Crippen LogP contribution >= 0.6 is 0 Å². The maximum absolute atomic E-state index is 12.2. The minimum absolute atomic E-state index is 0.00972. The van der Waals surface area contributed by atoms with Crippen molar-refractivity contribution >= 4 is 17.5 Å². The predicted molar refractivity (Wildman–Crippen MR) is 85.3 cm³/mol. The van der Waals surface area contributed by atoms with Crippen molar-refractivity contribution in [3.05, 3.63) is 29.8 Å². The summed E-state index contributed by atoms with van der Waals surface area (Å²) in [5.74, 6) is 0.240. The average Bonchev–Trinajstić information content (AvgIpc) is 3.28. The van der Waals surface area contributed by atoms with E-state index in [1.54, 1.807) is 4.90 Å². The molecule has 2 aliphatic rings. The first kappa shape index (κ1) is 15.0. The first-order valence-electron chi connectivity index (χ1n) is 7.95. The molecule has 1 heterocycles. The lowest BCUT2D eigenvalue weighted by molar-refractivity contribution is -0.126. The largest absolute Gasteiger partial charge is 0.354 e. The van der Waals surface area contributed by atoms with E-state index in [-0.39, 0.29) is 30.2 Å². The van der Waals surface area contributed by atoms with Crippen molar-refractivity contribution in [1.29, 1.82) is 0 Å². The number of benzene rings is 1. The maximum atomic E-state index is 12.2. The molecule has 2 atom stereocenters. The van der Waals surface area contributed by atoms with Crippen LogP contribution in [0.15, 0.2) is 24.3 Å². The van der Waals surface area contributed by atoms with Crippen LogP contribution in [-0.2, 0) is 9.59 Å². The molecule has 1 aromatic carbocycles. The van der Waals surface area contributed by atoms with Gasteiger partial charge in [-0.05, 0) is 37.8 Å². The van der Waals surface area contributed by atoms with Crippen LogP contribution in [0.1, 0.15) is 24.8 Å². The minimum atomic E-state index is -0.278. The fourth-order valence-corrected chi connectivity index (χ4v) is 2.91. The van der Waals surface area contributed by atoms with Crippen LogP contribution in [0.3, 0.4) is 0 Å². The van der Waals surface area contributed by atoms with Crippen molar-refractivity contribution in [2.24, 2.45) is 17.6 Å². The van der Waals surface area contributed by atoms with Gasteiger partial charge in [-0.3, -0.25) is 9.59 Å². The minimum Gasteiger partial charge on any atom is -0.354 e. The number of rotatable bonds is 5. The van der Waals surface area contributed by atoms with Gasteiger partial charge < -0.3 is 16.0 Å². The average molecular weight is 301 g/mol. The van der Waals surface area contributed by atoms with E-state index in [1.165, 1.54) is 12.8 Å². The van der Waals surface area contributed by atoms with E-state index in [0.29, 0.717) is 19.0 Å². The Kier molecular flexibility index (Phi) is 4.16. The number of nitrogens with one attached hydrogen (secondary N) is 1. The molecule has 1 saturated heterocycles. The quantitative estimate of drug-likeness (QED) is 0.858. The third-order valence-electron chi connectivity index (χ3n) is 4.58. The highest BCUT2D eigenvalue weighted by Crippen LogP contribution is 2.31. The number of hydrogen-bond acceptors (Lipinski definition) is 3. The van der Waals surface area contributed by atoms with Crippen LogP contribution in [0.5, 0.6) is 0 Å². The van der Waals surface area contributed by atoms with Gasteiger partial charge in [0, 0.05) is 31.2 Å². The van der Waals surface area contributed by atoms with Crippen LogP contribution in [0.4, 0.5) is 5.69 Å². The molecule has 1 aliphatic carbocycles. The lowest BCUT2D eigenvalue weighted by Crippen LogP contribution is -2.41. The zero-order valence-corrected chi connectivity index (χ0v) is 12.9. The lowest BCUT2D eigenvalue weighted by Gasteiger charge is -2.17. The second-order valence-corrected chi connectivity index (χ2v) is 6.49. The van der Waals surface area contributed by atoms with E-state index >= 15 is 0 Å². The zero-order chi connectivity index (χ0) is 15.7. The molecule has 5 nitrogen and oxygen atoms in total. The normalized spacial score (nSPS) is 22.7. The van der Waals surface area contributed by atoms with Gasteiger partial charge in [0.05, 0.1) is 5.92 Å². The summed E-state index contributed by atoms with van der Waals surface area (Å²) in [4.78, 5) is 26.1. The smallest absolute Gasteiger partial charge is 0.227 e. The van der Waals surface area contributed by atoms with E-state index in [2.05, 4.69) is 5.32 Å². The summed E-state index contributed by atoms with van der Waals surface area (Å²) >= 11 is 0. The molecule has 0 radical (unpaired) electrons. The lowest BCUT2D eigenvalue weighted by atomic mass is 10.1. The highest BCUT2D eigenvalue weighted by Gasteiger charge is 2.35. The maximum Gasteiger partial charge on any atom is 0.227 e. The summed E-state index contributed by atoms with van der Waals surface area (Å²) in [6.45, 7) is 2.97. The Balaban J connectivity index is 1.56. The Bertz CT molecular complexity index is 566. The number of aryl methyl sites for hydroxylation is 1. The van der Waals surface area contributed by atoms with Crippen molar-refractivity contribution in [2.45, 2.75) is 32.2 Å². The Morgan fingerprint density at radius 3 is 2.68 bits per heavy atom. The molecule has 2 unspecified atom stereocenters. The van der Waals surface area contributed by atoms with Gasteiger partial charge in [-0.1, -0.05) is 17.7 Å². The van der Waals surface area contributed by atoms with E-state index in [1.807, 2.05) is 31.2 Å². The second kappa shape index (κ2) is 6.08. The molecular formula is C17H23N3O2. The third-order valence-corrected chi connectivity index (χ3v) is 4.58.